The Labute approximate surface area is 750 Å². The van der Waals surface area contributed by atoms with Gasteiger partial charge in [-0.25, -0.2) is 9.13 Å². The minimum absolute atomic E-state index is 0.0800. The van der Waals surface area contributed by atoms with Crippen molar-refractivity contribution in [3.05, 3.63) is 207 Å². The maximum absolute atomic E-state index is 13.1. The Kier molecular flexibility index (Phi) is 90.7. The zero-order chi connectivity index (χ0) is 89.3. The minimum Gasteiger partial charge on any atom is -0.463 e. The number of aliphatic hydroxyl groups excluding tert-OH is 2. The van der Waals surface area contributed by atoms with E-state index in [0.717, 1.165) is 199 Å². The van der Waals surface area contributed by atoms with Gasteiger partial charge >= 0.3 is 33.6 Å². The van der Waals surface area contributed by atoms with E-state index in [1.54, 1.807) is 0 Å². The molecule has 5 atom stereocenters. The Bertz CT molecular complexity index is 3070. The van der Waals surface area contributed by atoms with Gasteiger partial charge in [0, 0.05) is 19.3 Å². The van der Waals surface area contributed by atoms with Crippen molar-refractivity contribution in [2.45, 2.75) is 399 Å². The van der Waals surface area contributed by atoms with Crippen LogP contribution in [0.2, 0.25) is 0 Å². The van der Waals surface area contributed by atoms with Crippen LogP contribution in [0.25, 0.3) is 0 Å². The molecular formula is C105H174O16P2. The largest absolute Gasteiger partial charge is 0.472 e. The molecule has 0 aromatic carbocycles. The monoisotopic (exact) mass is 1750 g/mol. The number of phosphoric ester groups is 2. The molecule has 700 valence electrons. The molecule has 0 aromatic heterocycles. The Morgan fingerprint density at radius 1 is 0.228 bits per heavy atom. The summed E-state index contributed by atoms with van der Waals surface area (Å²) in [6, 6.07) is 0. The molecule has 18 heteroatoms. The first-order valence-electron chi connectivity index (χ1n) is 48.4. The Hall–Kier alpha value is -5.87. The molecule has 123 heavy (non-hydrogen) atoms. The Balaban J connectivity index is 4.61. The minimum atomic E-state index is -4.96. The van der Waals surface area contributed by atoms with Crippen molar-refractivity contribution in [3.63, 3.8) is 0 Å². The molecule has 0 radical (unpaired) electrons. The molecule has 0 amide bonds. The highest BCUT2D eigenvalue weighted by atomic mass is 31.2. The van der Waals surface area contributed by atoms with Gasteiger partial charge in [0.15, 0.2) is 6.10 Å². The normalized spacial score (nSPS) is 14.6. The molecule has 0 bridgehead atoms. The fraction of sp³-hybridized carbons (Fsp3) is 0.648. The number of hydrogen-bond donors (Lipinski definition) is 4. The standard InChI is InChI=1S/C105H174O16P2/c1-4-7-10-13-16-19-22-25-28-31-34-37-40-43-45-46-47-48-49-50-51-52-54-57-58-61-64-67-70-73-76-79-82-85-88-91-103(108)115-94-100(106)95-117-122(111,112)118-96-101(107)97-119-123(113,114)120-99-102(121-105(110)93-90-87-84-81-78-75-72-69-66-63-60-55-42-39-36-33-30-27-24-21-18-15-12-9-6-3)98-116-104(109)92-89-86-83-80-77-74-71-68-65-62-59-56-53-44-41-38-35-32-29-26-23-20-17-14-11-8-5-2/h7-12,16-21,25-30,34-39,43-45,47-48,53,55,60,66,69,100-102,106-107H,4-6,13-15,22-24,31-33,40-42,46,49-52,54,56-59,61-65,67-68,70-99H2,1-3H3,(H,111,112)(H,113,114)/b10-7-,11-8-,12-9-,19-16-,20-17-,21-18-,28-25-,29-26-,30-27-,37-34-,38-35-,39-36-,45-43-,48-47-,53-44-,60-55-,69-66-. The number of unbranched alkanes of at least 4 members (excludes halogenated alkanes) is 33. The van der Waals surface area contributed by atoms with Crippen LogP contribution in [-0.4, -0.2) is 95.9 Å². The third-order valence-electron chi connectivity index (χ3n) is 20.0. The Morgan fingerprint density at radius 2 is 0.407 bits per heavy atom. The van der Waals surface area contributed by atoms with Crippen LogP contribution >= 0.6 is 15.6 Å². The number of esters is 3. The van der Waals surface area contributed by atoms with Gasteiger partial charge in [-0.3, -0.25) is 32.5 Å². The fourth-order valence-corrected chi connectivity index (χ4v) is 14.4. The van der Waals surface area contributed by atoms with E-state index in [1.165, 1.54) is 122 Å². The highest BCUT2D eigenvalue weighted by molar-refractivity contribution is 7.47. The highest BCUT2D eigenvalue weighted by Crippen LogP contribution is 2.45. The van der Waals surface area contributed by atoms with Crippen molar-refractivity contribution in [1.29, 1.82) is 0 Å². The number of hydrogen-bond acceptors (Lipinski definition) is 14. The molecule has 0 heterocycles. The highest BCUT2D eigenvalue weighted by Gasteiger charge is 2.30. The van der Waals surface area contributed by atoms with Gasteiger partial charge in [0.25, 0.3) is 0 Å². The quantitative estimate of drug-likeness (QED) is 0.0146. The summed E-state index contributed by atoms with van der Waals surface area (Å²) in [7, 11) is -9.83. The number of ether oxygens (including phenoxy) is 3. The lowest BCUT2D eigenvalue weighted by Gasteiger charge is -2.21. The van der Waals surface area contributed by atoms with Crippen molar-refractivity contribution in [3.8, 4) is 0 Å². The number of rotatable bonds is 90. The lowest BCUT2D eigenvalue weighted by atomic mass is 10.0. The third kappa shape index (κ3) is 96.6. The summed E-state index contributed by atoms with van der Waals surface area (Å²) in [6.07, 6.45) is 129. The van der Waals surface area contributed by atoms with Gasteiger partial charge in [0.1, 0.15) is 25.4 Å². The first kappa shape index (κ1) is 117. The topological polar surface area (TPSA) is 231 Å². The molecule has 0 spiro atoms. The van der Waals surface area contributed by atoms with Crippen molar-refractivity contribution >= 4 is 33.6 Å². The first-order valence-corrected chi connectivity index (χ1v) is 51.4. The third-order valence-corrected chi connectivity index (χ3v) is 21.9. The van der Waals surface area contributed by atoms with E-state index in [4.69, 9.17) is 32.3 Å². The molecule has 0 saturated carbocycles. The number of allylic oxidation sites excluding steroid dienone is 34. The zero-order valence-electron chi connectivity index (χ0n) is 77.3. The van der Waals surface area contributed by atoms with Crippen molar-refractivity contribution in [2.24, 2.45) is 0 Å². The van der Waals surface area contributed by atoms with Gasteiger partial charge in [0.05, 0.1) is 26.4 Å². The lowest BCUT2D eigenvalue weighted by Crippen LogP contribution is -2.30. The fourth-order valence-electron chi connectivity index (χ4n) is 12.8. The summed E-state index contributed by atoms with van der Waals surface area (Å²) in [6.45, 7) is 2.36. The smallest absolute Gasteiger partial charge is 0.463 e. The summed E-state index contributed by atoms with van der Waals surface area (Å²) in [4.78, 5) is 59.1. The summed E-state index contributed by atoms with van der Waals surface area (Å²) >= 11 is 0. The van der Waals surface area contributed by atoms with E-state index in [2.05, 4.69) is 227 Å². The van der Waals surface area contributed by atoms with Crippen LogP contribution in [0.15, 0.2) is 207 Å². The average molecular weight is 1750 g/mol. The number of aliphatic hydroxyl groups is 2. The van der Waals surface area contributed by atoms with Crippen molar-refractivity contribution in [2.75, 3.05) is 39.6 Å². The van der Waals surface area contributed by atoms with Gasteiger partial charge in [-0.05, 0) is 167 Å². The van der Waals surface area contributed by atoms with E-state index >= 15 is 0 Å². The van der Waals surface area contributed by atoms with Crippen LogP contribution in [-0.2, 0) is 55.8 Å². The van der Waals surface area contributed by atoms with E-state index < -0.39 is 91.5 Å². The predicted octanol–water partition coefficient (Wildman–Crippen LogP) is 30.3. The lowest BCUT2D eigenvalue weighted by molar-refractivity contribution is -0.161. The predicted molar refractivity (Wildman–Crippen MR) is 518 cm³/mol. The summed E-state index contributed by atoms with van der Waals surface area (Å²) in [5.41, 5.74) is 0. The van der Waals surface area contributed by atoms with Crippen LogP contribution < -0.4 is 0 Å². The molecule has 0 aliphatic rings. The molecular weight excluding hydrogens is 1580 g/mol. The number of carbonyl (C=O) groups excluding carboxylic acids is 3. The molecule has 0 aliphatic carbocycles. The summed E-state index contributed by atoms with van der Waals surface area (Å²) < 4.78 is 61.6. The van der Waals surface area contributed by atoms with Gasteiger partial charge < -0.3 is 34.2 Å². The van der Waals surface area contributed by atoms with Gasteiger partial charge in [-0.2, -0.15) is 0 Å². The van der Waals surface area contributed by atoms with Crippen LogP contribution in [0, 0.1) is 0 Å². The molecule has 4 N–H and O–H groups in total. The van der Waals surface area contributed by atoms with Crippen LogP contribution in [0.5, 0.6) is 0 Å². The second-order valence-corrected chi connectivity index (χ2v) is 34.6. The Morgan fingerprint density at radius 3 is 0.642 bits per heavy atom. The van der Waals surface area contributed by atoms with E-state index in [0.29, 0.717) is 19.3 Å². The summed E-state index contributed by atoms with van der Waals surface area (Å²) in [5, 5.41) is 20.8. The molecule has 0 rings (SSSR count). The molecule has 5 unspecified atom stereocenters. The molecule has 0 aromatic rings. The van der Waals surface area contributed by atoms with Gasteiger partial charge in [-0.1, -0.05) is 401 Å². The summed E-state index contributed by atoms with van der Waals surface area (Å²) in [5.74, 6) is -1.59. The van der Waals surface area contributed by atoms with Gasteiger partial charge in [0.2, 0.25) is 0 Å². The van der Waals surface area contributed by atoms with E-state index in [1.807, 2.05) is 0 Å². The van der Waals surface area contributed by atoms with E-state index in [-0.39, 0.29) is 19.3 Å². The van der Waals surface area contributed by atoms with E-state index in [9.17, 15) is 43.5 Å². The van der Waals surface area contributed by atoms with Crippen LogP contribution in [0.3, 0.4) is 0 Å². The first-order chi connectivity index (χ1) is 60.2. The molecule has 0 saturated heterocycles. The van der Waals surface area contributed by atoms with Gasteiger partial charge in [-0.15, -0.1) is 0 Å². The molecule has 0 aliphatic heterocycles. The van der Waals surface area contributed by atoms with Crippen molar-refractivity contribution < 1.29 is 75.8 Å². The zero-order valence-corrected chi connectivity index (χ0v) is 79.1. The second kappa shape index (κ2) is 95.2. The maximum atomic E-state index is 13.1. The van der Waals surface area contributed by atoms with Crippen LogP contribution in [0.1, 0.15) is 380 Å². The number of phosphoric acid groups is 2. The SMILES string of the molecule is CC/C=C\C/C=C\C/C=C\C/C=C\C/C=C\C/C=C\CCCCCCCCCCCCCCCCCCC(=O)OCC(O)COP(=O)(O)OCC(O)COP(=O)(O)OCC(COC(=O)CCCCCCCCCCCCC/C=C\C/C=C\C/C=C\C/C=C\C/C=C\CC)OC(=O)CCCCCCCC/C=C\C/C=C\C/C=C\C/C=C\C/C=C\C/C=C\CC. The second-order valence-electron chi connectivity index (χ2n) is 31.7. The maximum Gasteiger partial charge on any atom is 0.472 e. The van der Waals surface area contributed by atoms with Crippen molar-refractivity contribution in [1.82, 2.24) is 0 Å². The van der Waals surface area contributed by atoms with Crippen LogP contribution in [0.4, 0.5) is 0 Å². The molecule has 0 fully saturated rings. The number of carbonyl (C=O) groups is 3. The molecule has 16 nitrogen and oxygen atoms in total. The average Bonchev–Trinajstić information content (AvgIpc) is 0.898.